The van der Waals surface area contributed by atoms with Gasteiger partial charge in [0.1, 0.15) is 0 Å². The van der Waals surface area contributed by atoms with E-state index in [9.17, 15) is 4.79 Å². The average Bonchev–Trinajstić information content (AvgIpc) is 3.11. The summed E-state index contributed by atoms with van der Waals surface area (Å²) in [5.74, 6) is 0.561. The average molecular weight is 328 g/mol. The highest BCUT2D eigenvalue weighted by Crippen LogP contribution is 2.30. The molecule has 1 aliphatic heterocycles. The van der Waals surface area contributed by atoms with E-state index in [0.29, 0.717) is 17.5 Å². The van der Waals surface area contributed by atoms with Crippen molar-refractivity contribution in [1.29, 1.82) is 0 Å². The van der Waals surface area contributed by atoms with Gasteiger partial charge in [-0.05, 0) is 39.2 Å². The Morgan fingerprint density at radius 1 is 1.38 bits per heavy atom. The van der Waals surface area contributed by atoms with E-state index in [1.807, 2.05) is 15.6 Å². The molecular formula is C18H24N4O2. The predicted molar refractivity (Wildman–Crippen MR) is 90.9 cm³/mol. The minimum absolute atomic E-state index is 0.0936. The lowest BCUT2D eigenvalue weighted by atomic mass is 10.1. The monoisotopic (exact) mass is 328 g/mol. The van der Waals surface area contributed by atoms with E-state index in [2.05, 4.69) is 23.9 Å². The number of hydrogen-bond donors (Lipinski definition) is 0. The van der Waals surface area contributed by atoms with Crippen LogP contribution in [-0.4, -0.2) is 51.4 Å². The maximum atomic E-state index is 13.0. The summed E-state index contributed by atoms with van der Waals surface area (Å²) in [4.78, 5) is 19.6. The maximum Gasteiger partial charge on any atom is 0.255 e. The second kappa shape index (κ2) is 6.16. The molecule has 0 spiro atoms. The lowest BCUT2D eigenvalue weighted by molar-refractivity contribution is 0.0706. The molecular weight excluding hydrogens is 304 g/mol. The highest BCUT2D eigenvalue weighted by atomic mass is 16.5. The number of pyridine rings is 1. The van der Waals surface area contributed by atoms with Gasteiger partial charge in [0.2, 0.25) is 0 Å². The van der Waals surface area contributed by atoms with Crippen molar-refractivity contribution in [2.45, 2.75) is 45.2 Å². The summed E-state index contributed by atoms with van der Waals surface area (Å²) in [7, 11) is 0. The number of hydrogen-bond acceptors (Lipinski definition) is 4. The van der Waals surface area contributed by atoms with Crippen molar-refractivity contribution in [2.75, 3.05) is 19.8 Å². The molecule has 2 aromatic heterocycles. The van der Waals surface area contributed by atoms with Crippen molar-refractivity contribution in [1.82, 2.24) is 19.7 Å². The highest BCUT2D eigenvalue weighted by molar-refractivity contribution is 5.97. The number of fused-ring (bicyclic) bond motifs is 1. The predicted octanol–water partition coefficient (Wildman–Crippen LogP) is 2.65. The van der Waals surface area contributed by atoms with Gasteiger partial charge in [0.15, 0.2) is 5.65 Å². The van der Waals surface area contributed by atoms with E-state index in [4.69, 9.17) is 4.74 Å². The molecule has 0 N–H and O–H groups in total. The van der Waals surface area contributed by atoms with Crippen LogP contribution >= 0.6 is 0 Å². The summed E-state index contributed by atoms with van der Waals surface area (Å²) >= 11 is 0. The van der Waals surface area contributed by atoms with Gasteiger partial charge < -0.3 is 9.64 Å². The molecule has 6 heteroatoms. The van der Waals surface area contributed by atoms with Crippen LogP contribution < -0.4 is 0 Å². The number of rotatable bonds is 5. The topological polar surface area (TPSA) is 60.2 Å². The van der Waals surface area contributed by atoms with Crippen LogP contribution in [0.25, 0.3) is 11.0 Å². The number of carbonyl (C=O) groups is 1. The van der Waals surface area contributed by atoms with Gasteiger partial charge in [-0.1, -0.05) is 0 Å². The first-order valence-corrected chi connectivity index (χ1v) is 8.85. The Labute approximate surface area is 141 Å². The lowest BCUT2D eigenvalue weighted by Gasteiger charge is -2.25. The van der Waals surface area contributed by atoms with Gasteiger partial charge in [-0.25, -0.2) is 9.67 Å². The molecule has 0 aromatic carbocycles. The Hall–Kier alpha value is -1.95. The minimum Gasteiger partial charge on any atom is -0.381 e. The first-order chi connectivity index (χ1) is 11.6. The molecule has 0 radical (unpaired) electrons. The summed E-state index contributed by atoms with van der Waals surface area (Å²) < 4.78 is 7.35. The quantitative estimate of drug-likeness (QED) is 0.846. The molecule has 4 rings (SSSR count). The number of carbonyl (C=O) groups excluding carboxylic acids is 1. The van der Waals surface area contributed by atoms with Crippen molar-refractivity contribution in [2.24, 2.45) is 5.92 Å². The molecule has 128 valence electrons. The van der Waals surface area contributed by atoms with Crippen LogP contribution in [-0.2, 0) is 4.74 Å². The third-order valence-electron chi connectivity index (χ3n) is 4.90. The Bertz CT molecular complexity index is 745. The van der Waals surface area contributed by atoms with Gasteiger partial charge in [0.25, 0.3) is 5.91 Å². The Morgan fingerprint density at radius 3 is 2.88 bits per heavy atom. The fourth-order valence-electron chi connectivity index (χ4n) is 3.39. The summed E-state index contributed by atoms with van der Waals surface area (Å²) in [6.45, 7) is 6.54. The molecule has 1 saturated carbocycles. The number of ether oxygens (including phenoxy) is 1. The molecule has 1 saturated heterocycles. The SMILES string of the molecule is CC(C)n1ncc2cc(C(=O)N(C[C@@H]3CCOC3)C3CC3)cnc21. The second-order valence-corrected chi connectivity index (χ2v) is 7.24. The second-order valence-electron chi connectivity index (χ2n) is 7.24. The minimum atomic E-state index is 0.0936. The first-order valence-electron chi connectivity index (χ1n) is 8.85. The zero-order valence-electron chi connectivity index (χ0n) is 14.3. The normalized spacial score (nSPS) is 20.9. The van der Waals surface area contributed by atoms with Crippen molar-refractivity contribution >= 4 is 16.9 Å². The molecule has 3 heterocycles. The van der Waals surface area contributed by atoms with Crippen LogP contribution in [0.5, 0.6) is 0 Å². The Kier molecular flexibility index (Phi) is 4.00. The summed E-state index contributed by atoms with van der Waals surface area (Å²) in [5, 5.41) is 5.31. The zero-order valence-corrected chi connectivity index (χ0v) is 14.3. The summed E-state index contributed by atoms with van der Waals surface area (Å²) in [6, 6.07) is 2.57. The van der Waals surface area contributed by atoms with Gasteiger partial charge in [-0.3, -0.25) is 4.79 Å². The molecule has 2 aliphatic rings. The van der Waals surface area contributed by atoms with Gasteiger partial charge in [0.05, 0.1) is 18.4 Å². The zero-order chi connectivity index (χ0) is 16.7. The van der Waals surface area contributed by atoms with Crippen LogP contribution in [0.3, 0.4) is 0 Å². The van der Waals surface area contributed by atoms with E-state index >= 15 is 0 Å². The standard InChI is InChI=1S/C18H24N4O2/c1-12(2)22-17-14(9-20-22)7-15(8-19-17)18(23)21(16-3-4-16)10-13-5-6-24-11-13/h7-9,12-13,16H,3-6,10-11H2,1-2H3/t13-/m0/s1. The van der Waals surface area contributed by atoms with Crippen LogP contribution in [0.2, 0.25) is 0 Å². The van der Waals surface area contributed by atoms with Crippen molar-refractivity contribution in [3.05, 3.63) is 24.0 Å². The number of nitrogens with zero attached hydrogens (tertiary/aromatic N) is 4. The van der Waals surface area contributed by atoms with Gasteiger partial charge in [-0.15, -0.1) is 0 Å². The fraction of sp³-hybridized carbons (Fsp3) is 0.611. The largest absolute Gasteiger partial charge is 0.381 e. The molecule has 1 amide bonds. The maximum absolute atomic E-state index is 13.0. The summed E-state index contributed by atoms with van der Waals surface area (Å²) in [6.07, 6.45) is 6.77. The Balaban J connectivity index is 1.58. The number of aromatic nitrogens is 3. The molecule has 0 unspecified atom stereocenters. The molecule has 2 aromatic rings. The fourth-order valence-corrected chi connectivity index (χ4v) is 3.39. The Morgan fingerprint density at radius 2 is 2.21 bits per heavy atom. The smallest absolute Gasteiger partial charge is 0.255 e. The van der Waals surface area contributed by atoms with Crippen molar-refractivity contribution in [3.8, 4) is 0 Å². The van der Waals surface area contributed by atoms with E-state index in [-0.39, 0.29) is 11.9 Å². The molecule has 0 bridgehead atoms. The van der Waals surface area contributed by atoms with Crippen molar-refractivity contribution in [3.63, 3.8) is 0 Å². The molecule has 1 aliphatic carbocycles. The third kappa shape index (κ3) is 2.90. The highest BCUT2D eigenvalue weighted by Gasteiger charge is 2.35. The van der Waals surface area contributed by atoms with Gasteiger partial charge >= 0.3 is 0 Å². The first kappa shape index (κ1) is 15.6. The molecule has 6 nitrogen and oxygen atoms in total. The van der Waals surface area contributed by atoms with Crippen LogP contribution in [0.15, 0.2) is 18.5 Å². The van der Waals surface area contributed by atoms with Crippen LogP contribution in [0.1, 0.15) is 49.5 Å². The van der Waals surface area contributed by atoms with Crippen LogP contribution in [0, 0.1) is 5.92 Å². The van der Waals surface area contributed by atoms with Crippen molar-refractivity contribution < 1.29 is 9.53 Å². The van der Waals surface area contributed by atoms with Crippen LogP contribution in [0.4, 0.5) is 0 Å². The number of amides is 1. The summed E-state index contributed by atoms with van der Waals surface area (Å²) in [5.41, 5.74) is 1.50. The van der Waals surface area contributed by atoms with Gasteiger partial charge in [-0.2, -0.15) is 5.10 Å². The van der Waals surface area contributed by atoms with E-state index < -0.39 is 0 Å². The third-order valence-corrected chi connectivity index (χ3v) is 4.90. The molecule has 2 fully saturated rings. The molecule has 24 heavy (non-hydrogen) atoms. The van der Waals surface area contributed by atoms with Gasteiger partial charge in [0, 0.05) is 42.7 Å². The molecule has 1 atom stereocenters. The van der Waals surface area contributed by atoms with E-state index in [1.54, 1.807) is 12.4 Å². The lowest BCUT2D eigenvalue weighted by Crippen LogP contribution is -2.37. The van der Waals surface area contributed by atoms with E-state index in [0.717, 1.165) is 50.1 Å². The van der Waals surface area contributed by atoms with E-state index in [1.165, 1.54) is 0 Å².